The predicted molar refractivity (Wildman–Crippen MR) is 155 cm³/mol. The van der Waals surface area contributed by atoms with Gasteiger partial charge in [0.05, 0.1) is 25.9 Å². The van der Waals surface area contributed by atoms with Crippen LogP contribution in [0.4, 0.5) is 0 Å². The predicted octanol–water partition coefficient (Wildman–Crippen LogP) is 4.51. The van der Waals surface area contributed by atoms with Crippen molar-refractivity contribution in [3.05, 3.63) is 47.5 Å². The maximum atomic E-state index is 13.2. The molecule has 0 saturated carbocycles. The topological polar surface area (TPSA) is 115 Å². The Bertz CT molecular complexity index is 1300. The number of hydrogen-bond donors (Lipinski definition) is 1. The minimum Gasteiger partial charge on any atom is -0.493 e. The Morgan fingerprint density at radius 2 is 1.71 bits per heavy atom. The average molecular weight is 591 g/mol. The highest BCUT2D eigenvalue weighted by Gasteiger charge is 2.48. The molecule has 0 bridgehead atoms. The molecule has 0 aliphatic carbocycles. The molecule has 11 heteroatoms. The maximum absolute atomic E-state index is 13.2. The van der Waals surface area contributed by atoms with Crippen LogP contribution in [0.3, 0.4) is 0 Å². The van der Waals surface area contributed by atoms with Gasteiger partial charge in [-0.2, -0.15) is 0 Å². The third-order valence-electron chi connectivity index (χ3n) is 7.97. The van der Waals surface area contributed by atoms with Crippen LogP contribution in [0.2, 0.25) is 0 Å². The van der Waals surface area contributed by atoms with Crippen molar-refractivity contribution in [2.24, 2.45) is 5.92 Å². The van der Waals surface area contributed by atoms with Gasteiger partial charge in [-0.05, 0) is 48.2 Å². The molecule has 1 N–H and O–H groups in total. The molecule has 0 amide bonds. The van der Waals surface area contributed by atoms with Gasteiger partial charge in [-0.3, -0.25) is 9.69 Å². The van der Waals surface area contributed by atoms with E-state index in [0.717, 1.165) is 24.0 Å². The van der Waals surface area contributed by atoms with Crippen molar-refractivity contribution in [3.8, 4) is 23.0 Å². The molecule has 2 aromatic rings. The monoisotopic (exact) mass is 590 g/mol. The van der Waals surface area contributed by atoms with Gasteiger partial charge in [0.25, 0.3) is 0 Å². The maximum Gasteiger partial charge on any atom is 0.309 e. The molecule has 2 aliphatic heterocycles. The standard InChI is InChI=1S/C30H42N2O8S/c1-5-7-8-16-41(35,36)32(13-6-2)15-14-31-19-23(21-9-12-25-27(17-21)40-20-39-25)28(30(33)34)29(31)22-10-11-24(37-3)26(18-22)38-4/h9-12,17-18,23,28-29H,5-8,13-16,19-20H2,1-4H3,(H,33,34). The second kappa shape index (κ2) is 13.8. The molecule has 0 spiro atoms. The third kappa shape index (κ3) is 6.90. The summed E-state index contributed by atoms with van der Waals surface area (Å²) in [6.07, 6.45) is 3.14. The molecular formula is C30H42N2O8S. The van der Waals surface area contributed by atoms with Crippen LogP contribution in [-0.4, -0.2) is 81.6 Å². The number of methoxy groups -OCH3 is 2. The second-order valence-electron chi connectivity index (χ2n) is 10.6. The number of ether oxygens (including phenoxy) is 4. The molecule has 2 aliphatic rings. The van der Waals surface area contributed by atoms with E-state index in [1.165, 1.54) is 0 Å². The van der Waals surface area contributed by atoms with Gasteiger partial charge in [0.2, 0.25) is 16.8 Å². The lowest BCUT2D eigenvalue weighted by Crippen LogP contribution is -2.40. The van der Waals surface area contributed by atoms with Gasteiger partial charge in [-0.15, -0.1) is 0 Å². The number of unbranched alkanes of at least 4 members (excludes halogenated alkanes) is 2. The zero-order valence-corrected chi connectivity index (χ0v) is 25.2. The molecule has 2 heterocycles. The highest BCUT2D eigenvalue weighted by Crippen LogP contribution is 2.48. The number of fused-ring (bicyclic) bond motifs is 1. The second-order valence-corrected chi connectivity index (χ2v) is 12.6. The van der Waals surface area contributed by atoms with Crippen molar-refractivity contribution in [1.82, 2.24) is 9.21 Å². The Morgan fingerprint density at radius 3 is 2.39 bits per heavy atom. The fraction of sp³-hybridized carbons (Fsp3) is 0.567. The third-order valence-corrected chi connectivity index (χ3v) is 9.92. The van der Waals surface area contributed by atoms with Crippen LogP contribution in [0, 0.1) is 5.92 Å². The summed E-state index contributed by atoms with van der Waals surface area (Å²) in [7, 11) is -0.329. The Morgan fingerprint density at radius 1 is 0.976 bits per heavy atom. The summed E-state index contributed by atoms with van der Waals surface area (Å²) in [6.45, 7) is 5.68. The van der Waals surface area contributed by atoms with E-state index in [1.807, 2.05) is 44.2 Å². The first-order valence-corrected chi connectivity index (χ1v) is 15.9. The van der Waals surface area contributed by atoms with E-state index >= 15 is 0 Å². The van der Waals surface area contributed by atoms with Gasteiger partial charge >= 0.3 is 5.97 Å². The highest BCUT2D eigenvalue weighted by atomic mass is 32.2. The molecule has 0 radical (unpaired) electrons. The number of rotatable bonds is 15. The number of carboxylic acid groups (broad SMARTS) is 1. The van der Waals surface area contributed by atoms with Crippen LogP contribution in [-0.2, 0) is 14.8 Å². The summed E-state index contributed by atoms with van der Waals surface area (Å²) in [5.74, 6) is 0.328. The smallest absolute Gasteiger partial charge is 0.309 e. The summed E-state index contributed by atoms with van der Waals surface area (Å²) in [6, 6.07) is 10.5. The summed E-state index contributed by atoms with van der Waals surface area (Å²) >= 11 is 0. The number of carboxylic acids is 1. The zero-order chi connectivity index (χ0) is 29.6. The lowest BCUT2D eigenvalue weighted by molar-refractivity contribution is -0.143. The van der Waals surface area contributed by atoms with Crippen molar-refractivity contribution < 1.29 is 37.3 Å². The summed E-state index contributed by atoms with van der Waals surface area (Å²) in [5, 5.41) is 10.6. The lowest BCUT2D eigenvalue weighted by Gasteiger charge is -2.30. The van der Waals surface area contributed by atoms with E-state index in [4.69, 9.17) is 18.9 Å². The van der Waals surface area contributed by atoms with Gasteiger partial charge in [-0.25, -0.2) is 12.7 Å². The Balaban J connectivity index is 1.69. The van der Waals surface area contributed by atoms with Crippen LogP contribution in [0.25, 0.3) is 0 Å². The molecular weight excluding hydrogens is 548 g/mol. The lowest BCUT2D eigenvalue weighted by atomic mass is 9.82. The molecule has 4 rings (SSSR count). The van der Waals surface area contributed by atoms with Gasteiger partial charge in [0, 0.05) is 38.1 Å². The first kappa shape index (κ1) is 30.9. The van der Waals surface area contributed by atoms with Crippen molar-refractivity contribution in [3.63, 3.8) is 0 Å². The SMILES string of the molecule is CCCCCS(=O)(=O)N(CCC)CCN1CC(c2ccc3c(c2)OCO3)C(C(=O)O)C1c1ccc(OC)c(OC)c1. The molecule has 41 heavy (non-hydrogen) atoms. The Labute approximate surface area is 243 Å². The molecule has 226 valence electrons. The van der Waals surface area contributed by atoms with Crippen LogP contribution in [0.15, 0.2) is 36.4 Å². The number of hydrogen-bond acceptors (Lipinski definition) is 8. The van der Waals surface area contributed by atoms with Crippen molar-refractivity contribution in [1.29, 1.82) is 0 Å². The number of carbonyl (C=O) groups is 1. The molecule has 1 fully saturated rings. The van der Waals surface area contributed by atoms with Gasteiger partial charge in [0.1, 0.15) is 0 Å². The average Bonchev–Trinajstić information content (AvgIpc) is 3.59. The fourth-order valence-electron chi connectivity index (χ4n) is 5.92. The first-order chi connectivity index (χ1) is 19.7. The number of likely N-dealkylation sites (tertiary alicyclic amines) is 1. The van der Waals surface area contributed by atoms with Crippen LogP contribution in [0.1, 0.15) is 62.6 Å². The van der Waals surface area contributed by atoms with Crippen LogP contribution < -0.4 is 18.9 Å². The zero-order valence-electron chi connectivity index (χ0n) is 24.4. The fourth-order valence-corrected chi connectivity index (χ4v) is 7.57. The highest BCUT2D eigenvalue weighted by molar-refractivity contribution is 7.89. The minimum absolute atomic E-state index is 0.123. The van der Waals surface area contributed by atoms with Crippen LogP contribution >= 0.6 is 0 Å². The van der Waals surface area contributed by atoms with E-state index in [0.29, 0.717) is 55.5 Å². The molecule has 2 aromatic carbocycles. The van der Waals surface area contributed by atoms with Crippen molar-refractivity contribution in [2.75, 3.05) is 52.9 Å². The van der Waals surface area contributed by atoms with Gasteiger partial charge in [0.15, 0.2) is 23.0 Å². The van der Waals surface area contributed by atoms with E-state index < -0.39 is 28.0 Å². The quantitative estimate of drug-likeness (QED) is 0.299. The summed E-state index contributed by atoms with van der Waals surface area (Å²) in [4.78, 5) is 15.0. The number of nitrogens with zero attached hydrogens (tertiary/aromatic N) is 2. The molecule has 1 saturated heterocycles. The minimum atomic E-state index is -3.43. The molecule has 3 atom stereocenters. The first-order valence-electron chi connectivity index (χ1n) is 14.3. The Kier molecular flexibility index (Phi) is 10.4. The van der Waals surface area contributed by atoms with E-state index in [1.54, 1.807) is 24.6 Å². The number of sulfonamides is 1. The van der Waals surface area contributed by atoms with E-state index in [9.17, 15) is 18.3 Å². The molecule has 3 unspecified atom stereocenters. The number of benzene rings is 2. The summed E-state index contributed by atoms with van der Waals surface area (Å²) in [5.41, 5.74) is 1.61. The normalized spacial score (nSPS) is 20.5. The van der Waals surface area contributed by atoms with Crippen LogP contribution in [0.5, 0.6) is 23.0 Å². The number of aliphatic carboxylic acids is 1. The molecule has 10 nitrogen and oxygen atoms in total. The van der Waals surface area contributed by atoms with E-state index in [-0.39, 0.29) is 25.0 Å². The van der Waals surface area contributed by atoms with E-state index in [2.05, 4.69) is 4.90 Å². The van der Waals surface area contributed by atoms with Gasteiger partial charge in [-0.1, -0.05) is 38.8 Å². The largest absolute Gasteiger partial charge is 0.493 e. The Hall–Kier alpha value is -3.02. The molecule has 0 aromatic heterocycles. The van der Waals surface area contributed by atoms with Crippen molar-refractivity contribution in [2.45, 2.75) is 51.5 Å². The summed E-state index contributed by atoms with van der Waals surface area (Å²) < 4.78 is 50.0. The van der Waals surface area contributed by atoms with Gasteiger partial charge < -0.3 is 24.1 Å². The van der Waals surface area contributed by atoms with Crippen molar-refractivity contribution >= 4 is 16.0 Å².